The summed E-state index contributed by atoms with van der Waals surface area (Å²) in [5, 5.41) is 4.04. The van der Waals surface area contributed by atoms with Crippen LogP contribution in [0.1, 0.15) is 33.3 Å². The van der Waals surface area contributed by atoms with Crippen LogP contribution in [0.2, 0.25) is 5.02 Å². The van der Waals surface area contributed by atoms with Gasteiger partial charge in [-0.3, -0.25) is 0 Å². The van der Waals surface area contributed by atoms with Crippen LogP contribution in [-0.4, -0.2) is 12.1 Å². The first-order chi connectivity index (χ1) is 7.90. The highest BCUT2D eigenvalue weighted by atomic mass is 35.5. The van der Waals surface area contributed by atoms with Crippen LogP contribution in [0.25, 0.3) is 0 Å². The van der Waals surface area contributed by atoms with E-state index < -0.39 is 0 Å². The van der Waals surface area contributed by atoms with Crippen LogP contribution in [0.5, 0.6) is 0 Å². The monoisotopic (exact) mass is 257 g/mol. The Balaban J connectivity index is 2.67. The van der Waals surface area contributed by atoms with Gasteiger partial charge in [-0.05, 0) is 43.0 Å². The van der Waals surface area contributed by atoms with Gasteiger partial charge >= 0.3 is 0 Å². The maximum Gasteiger partial charge on any atom is 0.126 e. The maximum absolute atomic E-state index is 13.6. The first-order valence-corrected chi connectivity index (χ1v) is 6.48. The number of halogens is 2. The fourth-order valence-electron chi connectivity index (χ4n) is 1.91. The summed E-state index contributed by atoms with van der Waals surface area (Å²) < 4.78 is 13.6. The summed E-state index contributed by atoms with van der Waals surface area (Å²) >= 11 is 5.88. The highest BCUT2D eigenvalue weighted by molar-refractivity contribution is 6.30. The van der Waals surface area contributed by atoms with Gasteiger partial charge in [0.05, 0.1) is 0 Å². The van der Waals surface area contributed by atoms with E-state index in [1.165, 1.54) is 6.07 Å². The Bertz CT molecular complexity index is 365. The molecule has 0 aromatic heterocycles. The van der Waals surface area contributed by atoms with Crippen LogP contribution in [0.3, 0.4) is 0 Å². The van der Waals surface area contributed by atoms with Crippen LogP contribution >= 0.6 is 11.6 Å². The fraction of sp³-hybridized carbons (Fsp3) is 0.571. The van der Waals surface area contributed by atoms with Crippen LogP contribution in [0, 0.1) is 11.7 Å². The first kappa shape index (κ1) is 14.5. The highest BCUT2D eigenvalue weighted by Gasteiger charge is 2.15. The molecular weight excluding hydrogens is 237 g/mol. The van der Waals surface area contributed by atoms with Gasteiger partial charge in [-0.2, -0.15) is 0 Å². The average molecular weight is 258 g/mol. The molecule has 0 aliphatic carbocycles. The molecule has 3 heteroatoms. The van der Waals surface area contributed by atoms with E-state index in [4.69, 9.17) is 11.6 Å². The summed E-state index contributed by atoms with van der Waals surface area (Å²) in [7, 11) is 0. The second-order valence-electron chi connectivity index (χ2n) is 5.03. The summed E-state index contributed by atoms with van der Waals surface area (Å²) in [5.74, 6) is 0.198. The van der Waals surface area contributed by atoms with Crippen molar-refractivity contribution in [3.8, 4) is 0 Å². The normalized spacial score (nSPS) is 15.0. The Hall–Kier alpha value is -0.600. The number of hydrogen-bond donors (Lipinski definition) is 1. The Morgan fingerprint density at radius 2 is 1.88 bits per heavy atom. The van der Waals surface area contributed by atoms with E-state index >= 15 is 0 Å². The molecule has 1 aromatic rings. The van der Waals surface area contributed by atoms with Crippen molar-refractivity contribution >= 4 is 11.6 Å². The number of benzene rings is 1. The van der Waals surface area contributed by atoms with Gasteiger partial charge in [-0.15, -0.1) is 0 Å². The van der Waals surface area contributed by atoms with Crippen molar-refractivity contribution in [2.24, 2.45) is 5.92 Å². The van der Waals surface area contributed by atoms with Gasteiger partial charge in [0.25, 0.3) is 0 Å². The maximum atomic E-state index is 13.6. The predicted octanol–water partition coefficient (Wildman–Crippen LogP) is 4.04. The van der Waals surface area contributed by atoms with E-state index in [1.54, 1.807) is 12.1 Å². The highest BCUT2D eigenvalue weighted by Crippen LogP contribution is 2.19. The third kappa shape index (κ3) is 4.64. The Kier molecular flexibility index (Phi) is 5.41. The quantitative estimate of drug-likeness (QED) is 0.839. The molecule has 0 aliphatic heterocycles. The summed E-state index contributed by atoms with van der Waals surface area (Å²) in [6, 6.07) is 5.53. The standard InChI is InChI=1S/C14H21ClFN/c1-9(2)17-11(4)10(3)7-12-8-13(15)5-6-14(12)16/h5-6,8-11,17H,7H2,1-4H3. The Morgan fingerprint density at radius 1 is 1.24 bits per heavy atom. The minimum absolute atomic E-state index is 0.169. The molecular formula is C14H21ClFN. The third-order valence-corrected chi connectivity index (χ3v) is 3.23. The molecule has 0 fully saturated rings. The second-order valence-corrected chi connectivity index (χ2v) is 5.46. The molecule has 0 bridgehead atoms. The van der Waals surface area contributed by atoms with Gasteiger partial charge in [-0.25, -0.2) is 4.39 Å². The second kappa shape index (κ2) is 6.36. The summed E-state index contributed by atoms with van der Waals surface area (Å²) in [6.07, 6.45) is 0.702. The van der Waals surface area contributed by atoms with Crippen LogP contribution < -0.4 is 5.32 Å². The molecule has 96 valence electrons. The van der Waals surface area contributed by atoms with Gasteiger partial charge in [0.1, 0.15) is 5.82 Å². The zero-order valence-electron chi connectivity index (χ0n) is 10.9. The smallest absolute Gasteiger partial charge is 0.126 e. The van der Waals surface area contributed by atoms with E-state index in [0.717, 1.165) is 0 Å². The number of nitrogens with one attached hydrogen (secondary N) is 1. The molecule has 0 radical (unpaired) electrons. The number of hydrogen-bond acceptors (Lipinski definition) is 1. The Labute approximate surface area is 108 Å². The summed E-state index contributed by atoms with van der Waals surface area (Å²) in [6.45, 7) is 8.49. The lowest BCUT2D eigenvalue weighted by molar-refractivity contribution is 0.368. The molecule has 17 heavy (non-hydrogen) atoms. The third-order valence-electron chi connectivity index (χ3n) is 3.00. The minimum atomic E-state index is -0.169. The van der Waals surface area contributed by atoms with Crippen LogP contribution in [0.15, 0.2) is 18.2 Å². The molecule has 1 N–H and O–H groups in total. The van der Waals surface area contributed by atoms with Crippen molar-refractivity contribution in [2.45, 2.75) is 46.2 Å². The zero-order valence-corrected chi connectivity index (χ0v) is 11.7. The fourth-order valence-corrected chi connectivity index (χ4v) is 2.11. The lowest BCUT2D eigenvalue weighted by Gasteiger charge is -2.23. The van der Waals surface area contributed by atoms with Crippen molar-refractivity contribution < 1.29 is 4.39 Å². The molecule has 0 heterocycles. The summed E-state index contributed by atoms with van der Waals surface area (Å²) in [4.78, 5) is 0. The molecule has 0 amide bonds. The molecule has 0 saturated carbocycles. The van der Waals surface area contributed by atoms with Crippen molar-refractivity contribution in [1.82, 2.24) is 5.32 Å². The topological polar surface area (TPSA) is 12.0 Å². The Morgan fingerprint density at radius 3 is 2.47 bits per heavy atom. The molecule has 1 rings (SSSR count). The van der Waals surface area contributed by atoms with E-state index in [-0.39, 0.29) is 5.82 Å². The lowest BCUT2D eigenvalue weighted by atomic mass is 9.94. The molecule has 2 unspecified atom stereocenters. The SMILES string of the molecule is CC(C)NC(C)C(C)Cc1cc(Cl)ccc1F. The van der Waals surface area contributed by atoms with Gasteiger partial charge in [0, 0.05) is 17.1 Å². The number of rotatable bonds is 5. The zero-order chi connectivity index (χ0) is 13.0. The van der Waals surface area contributed by atoms with Crippen molar-refractivity contribution in [3.05, 3.63) is 34.6 Å². The molecule has 0 aliphatic rings. The predicted molar refractivity (Wildman–Crippen MR) is 72.0 cm³/mol. The van der Waals surface area contributed by atoms with Crippen LogP contribution in [-0.2, 0) is 6.42 Å². The lowest BCUT2D eigenvalue weighted by Crippen LogP contribution is -2.37. The van der Waals surface area contributed by atoms with E-state index in [0.29, 0.717) is 35.0 Å². The molecule has 1 nitrogen and oxygen atoms in total. The average Bonchev–Trinajstić information content (AvgIpc) is 2.22. The molecule has 0 spiro atoms. The van der Waals surface area contributed by atoms with Gasteiger partial charge in [0.2, 0.25) is 0 Å². The van der Waals surface area contributed by atoms with Gasteiger partial charge in [-0.1, -0.05) is 32.4 Å². The van der Waals surface area contributed by atoms with Crippen LogP contribution in [0.4, 0.5) is 4.39 Å². The largest absolute Gasteiger partial charge is 0.312 e. The van der Waals surface area contributed by atoms with Crippen molar-refractivity contribution in [1.29, 1.82) is 0 Å². The van der Waals surface area contributed by atoms with Gasteiger partial charge < -0.3 is 5.32 Å². The van der Waals surface area contributed by atoms with E-state index in [9.17, 15) is 4.39 Å². The summed E-state index contributed by atoms with van der Waals surface area (Å²) in [5.41, 5.74) is 0.697. The van der Waals surface area contributed by atoms with Crippen molar-refractivity contribution in [3.63, 3.8) is 0 Å². The van der Waals surface area contributed by atoms with E-state index in [1.807, 2.05) is 0 Å². The molecule has 2 atom stereocenters. The van der Waals surface area contributed by atoms with E-state index in [2.05, 4.69) is 33.0 Å². The van der Waals surface area contributed by atoms with Gasteiger partial charge in [0.15, 0.2) is 0 Å². The first-order valence-electron chi connectivity index (χ1n) is 6.10. The minimum Gasteiger partial charge on any atom is -0.312 e. The van der Waals surface area contributed by atoms with Crippen molar-refractivity contribution in [2.75, 3.05) is 0 Å². The molecule has 0 saturated heterocycles. The molecule has 1 aromatic carbocycles.